The van der Waals surface area contributed by atoms with Crippen molar-refractivity contribution in [3.63, 3.8) is 0 Å². The topological polar surface area (TPSA) is 89.3 Å². The summed E-state index contributed by atoms with van der Waals surface area (Å²) in [5.74, 6) is 1.01. The first-order valence-electron chi connectivity index (χ1n) is 12.2. The van der Waals surface area contributed by atoms with Crippen LogP contribution in [-0.4, -0.2) is 75.6 Å². The highest BCUT2D eigenvalue weighted by molar-refractivity contribution is 5.96. The molecule has 0 aliphatic carbocycles. The number of methoxy groups -OCH3 is 2. The van der Waals surface area contributed by atoms with Gasteiger partial charge in [0.05, 0.1) is 19.9 Å². The van der Waals surface area contributed by atoms with Crippen molar-refractivity contribution in [3.8, 4) is 22.8 Å². The summed E-state index contributed by atoms with van der Waals surface area (Å²) in [6.45, 7) is 4.79. The summed E-state index contributed by atoms with van der Waals surface area (Å²) >= 11 is 0. The van der Waals surface area contributed by atoms with E-state index in [9.17, 15) is 9.59 Å². The third kappa shape index (κ3) is 4.48. The summed E-state index contributed by atoms with van der Waals surface area (Å²) in [4.78, 5) is 34.7. The van der Waals surface area contributed by atoms with Crippen LogP contribution >= 0.6 is 0 Å². The van der Waals surface area contributed by atoms with Gasteiger partial charge in [0.2, 0.25) is 0 Å². The van der Waals surface area contributed by atoms with Gasteiger partial charge in [-0.3, -0.25) is 9.59 Å². The van der Waals surface area contributed by atoms with Crippen LogP contribution in [0.25, 0.3) is 16.9 Å². The number of piperazine rings is 1. The number of hydrogen-bond acceptors (Lipinski definition) is 6. The van der Waals surface area contributed by atoms with Gasteiger partial charge >= 0.3 is 0 Å². The van der Waals surface area contributed by atoms with Crippen molar-refractivity contribution in [2.24, 2.45) is 0 Å². The normalized spacial score (nSPS) is 17.6. The predicted octanol–water partition coefficient (Wildman–Crippen LogP) is 3.79. The molecule has 4 aromatic rings. The Labute approximate surface area is 215 Å². The largest absolute Gasteiger partial charge is 0.493 e. The van der Waals surface area contributed by atoms with Crippen LogP contribution in [0, 0.1) is 0 Å². The summed E-state index contributed by atoms with van der Waals surface area (Å²) in [5, 5.41) is 4.63. The van der Waals surface area contributed by atoms with Gasteiger partial charge in [-0.25, -0.2) is 9.50 Å². The van der Waals surface area contributed by atoms with Crippen LogP contribution in [0.1, 0.15) is 34.7 Å². The fourth-order valence-corrected chi connectivity index (χ4v) is 4.80. The van der Waals surface area contributed by atoms with E-state index < -0.39 is 0 Å². The molecule has 190 valence electrons. The van der Waals surface area contributed by atoms with E-state index in [4.69, 9.17) is 9.47 Å². The predicted molar refractivity (Wildman–Crippen MR) is 139 cm³/mol. The minimum atomic E-state index is -0.185. The summed E-state index contributed by atoms with van der Waals surface area (Å²) in [6.07, 6.45) is 1.69. The van der Waals surface area contributed by atoms with Crippen LogP contribution in [-0.2, 0) is 0 Å². The molecule has 0 N–H and O–H groups in total. The Kier molecular flexibility index (Phi) is 6.52. The summed E-state index contributed by atoms with van der Waals surface area (Å²) < 4.78 is 12.5. The standard InChI is InChI=1S/C28H29N5O4/c1-18-17-32(19(2)16-31(18)27(34)20-8-6-5-7-9-20)28(35)22-15-26-29-13-12-23(33(26)30-22)21-10-11-24(36-3)25(14-21)37-4/h5-15,18-19H,16-17H2,1-4H3/t18-,19-/m0/s1. The lowest BCUT2D eigenvalue weighted by Gasteiger charge is -2.43. The van der Waals surface area contributed by atoms with Crippen LogP contribution in [0.5, 0.6) is 11.5 Å². The Morgan fingerprint density at radius 2 is 1.51 bits per heavy atom. The van der Waals surface area contributed by atoms with E-state index in [0.29, 0.717) is 41.5 Å². The first-order valence-corrected chi connectivity index (χ1v) is 12.2. The molecule has 0 bridgehead atoms. The Morgan fingerprint density at radius 3 is 2.19 bits per heavy atom. The quantitative estimate of drug-likeness (QED) is 0.415. The SMILES string of the molecule is COc1ccc(-c2ccnc3cc(C(=O)N4C[C@H](C)N(C(=O)c5ccccc5)C[C@@H]4C)nn23)cc1OC. The van der Waals surface area contributed by atoms with Gasteiger partial charge in [-0.15, -0.1) is 0 Å². The van der Waals surface area contributed by atoms with E-state index in [0.717, 1.165) is 11.3 Å². The number of ether oxygens (including phenoxy) is 2. The monoisotopic (exact) mass is 499 g/mol. The zero-order valence-electron chi connectivity index (χ0n) is 21.3. The molecule has 2 aromatic carbocycles. The number of carbonyl (C=O) groups is 2. The average molecular weight is 500 g/mol. The van der Waals surface area contributed by atoms with Gasteiger partial charge in [-0.05, 0) is 50.2 Å². The molecule has 2 amide bonds. The lowest BCUT2D eigenvalue weighted by Crippen LogP contribution is -2.59. The maximum Gasteiger partial charge on any atom is 0.274 e. The molecule has 1 aliphatic rings. The van der Waals surface area contributed by atoms with Crippen molar-refractivity contribution in [3.05, 3.63) is 78.1 Å². The average Bonchev–Trinajstić information content (AvgIpc) is 3.38. The molecule has 2 atom stereocenters. The van der Waals surface area contributed by atoms with Crippen molar-refractivity contribution in [2.75, 3.05) is 27.3 Å². The van der Waals surface area contributed by atoms with E-state index in [-0.39, 0.29) is 23.9 Å². The Morgan fingerprint density at radius 1 is 0.838 bits per heavy atom. The lowest BCUT2D eigenvalue weighted by molar-refractivity contribution is 0.0266. The van der Waals surface area contributed by atoms with Crippen LogP contribution in [0.3, 0.4) is 0 Å². The highest BCUT2D eigenvalue weighted by atomic mass is 16.5. The summed E-state index contributed by atoms with van der Waals surface area (Å²) in [5.41, 5.74) is 3.14. The lowest BCUT2D eigenvalue weighted by atomic mass is 10.1. The number of rotatable bonds is 5. The van der Waals surface area contributed by atoms with Crippen molar-refractivity contribution in [1.82, 2.24) is 24.4 Å². The summed E-state index contributed by atoms with van der Waals surface area (Å²) in [6, 6.07) is 18.1. The van der Waals surface area contributed by atoms with E-state index in [1.165, 1.54) is 0 Å². The smallest absolute Gasteiger partial charge is 0.274 e. The molecule has 1 fully saturated rings. The Bertz CT molecular complexity index is 1450. The molecular formula is C28H29N5O4. The highest BCUT2D eigenvalue weighted by Gasteiger charge is 2.36. The number of amides is 2. The molecular weight excluding hydrogens is 470 g/mol. The minimum Gasteiger partial charge on any atom is -0.493 e. The third-order valence-corrected chi connectivity index (χ3v) is 6.78. The first-order chi connectivity index (χ1) is 17.9. The van der Waals surface area contributed by atoms with Crippen molar-refractivity contribution in [2.45, 2.75) is 25.9 Å². The van der Waals surface area contributed by atoms with E-state index in [1.807, 2.05) is 73.3 Å². The van der Waals surface area contributed by atoms with E-state index in [2.05, 4.69) is 10.1 Å². The van der Waals surface area contributed by atoms with Gasteiger partial charge in [0, 0.05) is 48.6 Å². The zero-order valence-corrected chi connectivity index (χ0v) is 21.3. The van der Waals surface area contributed by atoms with Gasteiger partial charge in [-0.2, -0.15) is 5.10 Å². The fraction of sp³-hybridized carbons (Fsp3) is 0.286. The Balaban J connectivity index is 1.41. The molecule has 1 saturated heterocycles. The summed E-state index contributed by atoms with van der Waals surface area (Å²) in [7, 11) is 3.18. The molecule has 0 saturated carbocycles. The second kappa shape index (κ2) is 9.93. The first kappa shape index (κ1) is 24.3. The third-order valence-electron chi connectivity index (χ3n) is 6.78. The number of aromatic nitrogens is 3. The zero-order chi connectivity index (χ0) is 26.1. The molecule has 3 heterocycles. The molecule has 0 radical (unpaired) electrons. The van der Waals surface area contributed by atoms with Crippen molar-refractivity contribution >= 4 is 17.5 Å². The molecule has 9 heteroatoms. The highest BCUT2D eigenvalue weighted by Crippen LogP contribution is 2.32. The molecule has 0 unspecified atom stereocenters. The molecule has 1 aliphatic heterocycles. The number of fused-ring (bicyclic) bond motifs is 1. The second-order valence-electron chi connectivity index (χ2n) is 9.18. The van der Waals surface area contributed by atoms with Crippen LogP contribution in [0.15, 0.2) is 66.9 Å². The van der Waals surface area contributed by atoms with Gasteiger partial charge < -0.3 is 19.3 Å². The van der Waals surface area contributed by atoms with Crippen molar-refractivity contribution in [1.29, 1.82) is 0 Å². The molecule has 5 rings (SSSR count). The van der Waals surface area contributed by atoms with Crippen LogP contribution in [0.2, 0.25) is 0 Å². The second-order valence-corrected chi connectivity index (χ2v) is 9.18. The maximum atomic E-state index is 13.6. The van der Waals surface area contributed by atoms with E-state index in [1.54, 1.807) is 35.9 Å². The number of benzene rings is 2. The van der Waals surface area contributed by atoms with Gasteiger partial charge in [0.25, 0.3) is 11.8 Å². The maximum absolute atomic E-state index is 13.6. The van der Waals surface area contributed by atoms with Gasteiger partial charge in [-0.1, -0.05) is 18.2 Å². The number of nitrogens with zero attached hydrogens (tertiary/aromatic N) is 5. The van der Waals surface area contributed by atoms with Gasteiger partial charge in [0.1, 0.15) is 0 Å². The van der Waals surface area contributed by atoms with Crippen LogP contribution in [0.4, 0.5) is 0 Å². The molecule has 2 aromatic heterocycles. The number of hydrogen-bond donors (Lipinski definition) is 0. The molecule has 9 nitrogen and oxygen atoms in total. The molecule has 0 spiro atoms. The van der Waals surface area contributed by atoms with E-state index >= 15 is 0 Å². The van der Waals surface area contributed by atoms with Crippen molar-refractivity contribution < 1.29 is 19.1 Å². The van der Waals surface area contributed by atoms with Crippen LogP contribution < -0.4 is 9.47 Å². The van der Waals surface area contributed by atoms with Gasteiger partial charge in [0.15, 0.2) is 22.8 Å². The fourth-order valence-electron chi connectivity index (χ4n) is 4.80. The minimum absolute atomic E-state index is 0.0245. The molecule has 37 heavy (non-hydrogen) atoms. The Hall–Kier alpha value is -4.40. The number of carbonyl (C=O) groups excluding carboxylic acids is 2.